The second kappa shape index (κ2) is 9.04. The summed E-state index contributed by atoms with van der Waals surface area (Å²) in [7, 11) is 0. The van der Waals surface area contributed by atoms with E-state index in [1.54, 1.807) is 24.3 Å². The summed E-state index contributed by atoms with van der Waals surface area (Å²) in [6, 6.07) is 17.2. The molecule has 1 aliphatic heterocycles. The quantitative estimate of drug-likeness (QED) is 0.841. The lowest BCUT2D eigenvalue weighted by atomic mass is 10.1. The Morgan fingerprint density at radius 1 is 0.846 bits per heavy atom. The molecule has 5 nitrogen and oxygen atoms in total. The summed E-state index contributed by atoms with van der Waals surface area (Å²) < 4.78 is 0. The van der Waals surface area contributed by atoms with Crippen LogP contribution in [0.2, 0.25) is 0 Å². The van der Waals surface area contributed by atoms with E-state index in [0.29, 0.717) is 12.1 Å². The van der Waals surface area contributed by atoms with Crippen LogP contribution in [0, 0.1) is 0 Å². The number of nitrogens with zero attached hydrogens (tertiary/aromatic N) is 1. The highest BCUT2D eigenvalue weighted by atomic mass is 16.2. The largest absolute Gasteiger partial charge is 0.372 e. The van der Waals surface area contributed by atoms with Crippen LogP contribution in [0.4, 0.5) is 5.69 Å². The molecule has 0 radical (unpaired) electrons. The minimum absolute atomic E-state index is 0.0282. The van der Waals surface area contributed by atoms with Crippen molar-refractivity contribution in [1.82, 2.24) is 10.6 Å². The van der Waals surface area contributed by atoms with E-state index >= 15 is 0 Å². The number of benzene rings is 2. The summed E-state index contributed by atoms with van der Waals surface area (Å²) in [4.78, 5) is 26.3. The Labute approximate surface area is 154 Å². The van der Waals surface area contributed by atoms with Gasteiger partial charge in [0.1, 0.15) is 0 Å². The Hall–Kier alpha value is -2.82. The molecular weight excluding hydrogens is 326 g/mol. The van der Waals surface area contributed by atoms with E-state index in [2.05, 4.69) is 27.7 Å². The van der Waals surface area contributed by atoms with E-state index in [1.165, 1.54) is 24.9 Å². The van der Waals surface area contributed by atoms with Crippen molar-refractivity contribution >= 4 is 17.5 Å². The first-order valence-corrected chi connectivity index (χ1v) is 9.16. The summed E-state index contributed by atoms with van der Waals surface area (Å²) in [5.41, 5.74) is 2.84. The van der Waals surface area contributed by atoms with Crippen molar-refractivity contribution < 1.29 is 9.59 Å². The molecule has 1 saturated heterocycles. The van der Waals surface area contributed by atoms with E-state index < -0.39 is 0 Å². The average Bonchev–Trinajstić information content (AvgIpc) is 2.72. The fraction of sp³-hybridized carbons (Fsp3) is 0.333. The van der Waals surface area contributed by atoms with Crippen molar-refractivity contribution in [2.24, 2.45) is 0 Å². The molecule has 26 heavy (non-hydrogen) atoms. The first-order valence-electron chi connectivity index (χ1n) is 9.16. The molecule has 0 bridgehead atoms. The minimum Gasteiger partial charge on any atom is -0.372 e. The normalized spacial score (nSPS) is 13.9. The Morgan fingerprint density at radius 2 is 1.54 bits per heavy atom. The van der Waals surface area contributed by atoms with Gasteiger partial charge in [-0.25, -0.2) is 0 Å². The second-order valence-electron chi connectivity index (χ2n) is 6.54. The van der Waals surface area contributed by atoms with Gasteiger partial charge in [-0.2, -0.15) is 0 Å². The Bertz CT molecular complexity index is 723. The molecule has 0 unspecified atom stereocenters. The highest BCUT2D eigenvalue weighted by molar-refractivity contribution is 5.96. The molecule has 0 spiro atoms. The van der Waals surface area contributed by atoms with Crippen LogP contribution in [0.15, 0.2) is 54.6 Å². The van der Waals surface area contributed by atoms with Gasteiger partial charge >= 0.3 is 0 Å². The molecule has 3 rings (SSSR count). The van der Waals surface area contributed by atoms with E-state index in [4.69, 9.17) is 0 Å². The molecule has 0 saturated carbocycles. The third-order valence-electron chi connectivity index (χ3n) is 4.59. The molecule has 1 aliphatic rings. The van der Waals surface area contributed by atoms with Gasteiger partial charge < -0.3 is 15.5 Å². The summed E-state index contributed by atoms with van der Waals surface area (Å²) in [5.74, 6) is -0.443. The molecule has 2 aromatic rings. The van der Waals surface area contributed by atoms with E-state index in [0.717, 1.165) is 18.7 Å². The van der Waals surface area contributed by atoms with Gasteiger partial charge in [0.15, 0.2) is 0 Å². The van der Waals surface area contributed by atoms with Gasteiger partial charge in [-0.05, 0) is 49.1 Å². The zero-order valence-electron chi connectivity index (χ0n) is 14.9. The van der Waals surface area contributed by atoms with Crippen molar-refractivity contribution in [2.45, 2.75) is 25.8 Å². The van der Waals surface area contributed by atoms with Crippen LogP contribution in [0.5, 0.6) is 0 Å². The van der Waals surface area contributed by atoms with Crippen LogP contribution in [0.3, 0.4) is 0 Å². The molecule has 1 heterocycles. The lowest BCUT2D eigenvalue weighted by Crippen LogP contribution is -2.36. The number of nitrogens with one attached hydrogen (secondary N) is 2. The lowest BCUT2D eigenvalue weighted by molar-refractivity contribution is -0.120. The van der Waals surface area contributed by atoms with Gasteiger partial charge in [-0.15, -0.1) is 0 Å². The van der Waals surface area contributed by atoms with Gasteiger partial charge in [0.2, 0.25) is 5.91 Å². The number of carbonyl (C=O) groups excluding carboxylic acids is 2. The number of hydrogen-bond acceptors (Lipinski definition) is 3. The molecule has 0 atom stereocenters. The number of amides is 2. The standard InChI is InChI=1S/C21H25N3O2/c25-20(16-23-21(26)18-7-3-1-4-8-18)22-15-17-9-11-19(12-10-17)24-13-5-2-6-14-24/h1,3-4,7-12H,2,5-6,13-16H2,(H,22,25)(H,23,26). The van der Waals surface area contributed by atoms with E-state index in [9.17, 15) is 9.59 Å². The van der Waals surface area contributed by atoms with Crippen molar-refractivity contribution in [3.8, 4) is 0 Å². The summed E-state index contributed by atoms with van der Waals surface area (Å²) in [6.07, 6.45) is 3.83. The number of piperidine rings is 1. The summed E-state index contributed by atoms with van der Waals surface area (Å²) in [6.45, 7) is 2.67. The first kappa shape index (κ1) is 18.0. The maximum absolute atomic E-state index is 11.9. The predicted molar refractivity (Wildman–Crippen MR) is 103 cm³/mol. The molecule has 2 aromatic carbocycles. The molecule has 2 N–H and O–H groups in total. The summed E-state index contributed by atoms with van der Waals surface area (Å²) in [5, 5.41) is 5.47. The fourth-order valence-corrected chi connectivity index (χ4v) is 3.09. The third kappa shape index (κ3) is 5.09. The van der Waals surface area contributed by atoms with Crippen LogP contribution >= 0.6 is 0 Å². The molecule has 0 aromatic heterocycles. The molecule has 0 aliphatic carbocycles. The number of carbonyl (C=O) groups is 2. The van der Waals surface area contributed by atoms with Gasteiger partial charge in [0.25, 0.3) is 5.91 Å². The van der Waals surface area contributed by atoms with Crippen LogP contribution in [-0.2, 0) is 11.3 Å². The first-order chi connectivity index (χ1) is 12.7. The summed E-state index contributed by atoms with van der Waals surface area (Å²) >= 11 is 0. The predicted octanol–water partition coefficient (Wildman–Crippen LogP) is 2.72. The molecule has 1 fully saturated rings. The topological polar surface area (TPSA) is 61.4 Å². The van der Waals surface area contributed by atoms with Gasteiger partial charge in [0.05, 0.1) is 6.54 Å². The minimum atomic E-state index is -0.244. The van der Waals surface area contributed by atoms with Crippen molar-refractivity contribution in [3.63, 3.8) is 0 Å². The Morgan fingerprint density at radius 3 is 2.23 bits per heavy atom. The van der Waals surface area contributed by atoms with Crippen LogP contribution in [0.1, 0.15) is 35.2 Å². The van der Waals surface area contributed by atoms with E-state index in [1.807, 2.05) is 18.2 Å². The third-order valence-corrected chi connectivity index (χ3v) is 4.59. The van der Waals surface area contributed by atoms with Crippen molar-refractivity contribution in [1.29, 1.82) is 0 Å². The molecule has 5 heteroatoms. The van der Waals surface area contributed by atoms with Gasteiger partial charge in [-0.1, -0.05) is 30.3 Å². The Balaban J connectivity index is 1.42. The number of hydrogen-bond donors (Lipinski definition) is 2. The Kier molecular flexibility index (Phi) is 6.25. The van der Waals surface area contributed by atoms with Crippen LogP contribution < -0.4 is 15.5 Å². The molecule has 136 valence electrons. The highest BCUT2D eigenvalue weighted by Gasteiger charge is 2.11. The van der Waals surface area contributed by atoms with Gasteiger partial charge in [0, 0.05) is 30.9 Å². The lowest BCUT2D eigenvalue weighted by Gasteiger charge is -2.28. The zero-order chi connectivity index (χ0) is 18.2. The zero-order valence-corrected chi connectivity index (χ0v) is 14.9. The average molecular weight is 351 g/mol. The maximum Gasteiger partial charge on any atom is 0.251 e. The van der Waals surface area contributed by atoms with Crippen molar-refractivity contribution in [2.75, 3.05) is 24.5 Å². The molecular formula is C21H25N3O2. The number of rotatable bonds is 6. The smallest absolute Gasteiger partial charge is 0.251 e. The fourth-order valence-electron chi connectivity index (χ4n) is 3.09. The van der Waals surface area contributed by atoms with Crippen LogP contribution in [-0.4, -0.2) is 31.4 Å². The van der Waals surface area contributed by atoms with Gasteiger partial charge in [-0.3, -0.25) is 9.59 Å². The maximum atomic E-state index is 11.9. The van der Waals surface area contributed by atoms with Crippen LogP contribution in [0.25, 0.3) is 0 Å². The van der Waals surface area contributed by atoms with Crippen molar-refractivity contribution in [3.05, 3.63) is 65.7 Å². The monoisotopic (exact) mass is 351 g/mol. The molecule has 2 amide bonds. The van der Waals surface area contributed by atoms with E-state index in [-0.39, 0.29) is 18.4 Å². The highest BCUT2D eigenvalue weighted by Crippen LogP contribution is 2.20. The number of anilines is 1. The SMILES string of the molecule is O=C(CNC(=O)c1ccccc1)NCc1ccc(N2CCCCC2)cc1. The second-order valence-corrected chi connectivity index (χ2v) is 6.54.